The van der Waals surface area contributed by atoms with E-state index in [4.69, 9.17) is 15.6 Å². The second-order valence-corrected chi connectivity index (χ2v) is 12.4. The van der Waals surface area contributed by atoms with E-state index in [2.05, 4.69) is 30.4 Å². The summed E-state index contributed by atoms with van der Waals surface area (Å²) in [5.41, 5.74) is 11.2. The monoisotopic (exact) mass is 704 g/mol. The number of esters is 2. The molecular formula is C34H36N6O7S2. The molecule has 0 aliphatic rings. The summed E-state index contributed by atoms with van der Waals surface area (Å²) in [7, 11) is 2.62. The van der Waals surface area contributed by atoms with Crippen LogP contribution in [0.2, 0.25) is 0 Å². The van der Waals surface area contributed by atoms with Gasteiger partial charge < -0.3 is 25.6 Å². The van der Waals surface area contributed by atoms with E-state index in [0.717, 1.165) is 66.7 Å². The average Bonchev–Trinajstić information content (AvgIpc) is 3.95. The Morgan fingerprint density at radius 1 is 0.776 bits per heavy atom. The zero-order valence-electron chi connectivity index (χ0n) is 27.3. The zero-order chi connectivity index (χ0) is 35.5. The molecule has 6 rings (SSSR count). The molecular weight excluding hydrogens is 669 g/mol. The van der Waals surface area contributed by atoms with E-state index in [1.165, 1.54) is 20.3 Å². The molecule has 15 heteroatoms. The predicted molar refractivity (Wildman–Crippen MR) is 188 cm³/mol. The maximum absolute atomic E-state index is 12.4. The molecule has 4 heterocycles. The van der Waals surface area contributed by atoms with Gasteiger partial charge in [-0.3, -0.25) is 15.0 Å². The van der Waals surface area contributed by atoms with Crippen LogP contribution in [0.5, 0.6) is 0 Å². The van der Waals surface area contributed by atoms with Gasteiger partial charge in [-0.25, -0.2) is 14.4 Å². The van der Waals surface area contributed by atoms with E-state index in [0.29, 0.717) is 40.6 Å². The summed E-state index contributed by atoms with van der Waals surface area (Å²) in [6, 6.07) is 15.0. The smallest absolute Gasteiger partial charge is 0.348 e. The first kappa shape index (κ1) is 36.5. The van der Waals surface area contributed by atoms with E-state index < -0.39 is 17.9 Å². The van der Waals surface area contributed by atoms with Crippen LogP contribution in [-0.2, 0) is 35.4 Å². The summed E-state index contributed by atoms with van der Waals surface area (Å²) >= 11 is 2.11. The summed E-state index contributed by atoms with van der Waals surface area (Å²) in [6.07, 6.45) is 4.83. The molecule has 0 aliphatic carbocycles. The fourth-order valence-electron chi connectivity index (χ4n) is 4.78. The molecule has 0 saturated carbocycles. The first-order chi connectivity index (χ1) is 23.6. The lowest BCUT2D eigenvalue weighted by Gasteiger charge is -2.05. The fraction of sp³-hybridized carbons (Fsp3) is 0.235. The number of aromatic carboxylic acids is 1. The van der Waals surface area contributed by atoms with Crippen LogP contribution in [-0.4, -0.2) is 63.5 Å². The number of H-pyrrole nitrogens is 2. The van der Waals surface area contributed by atoms with E-state index in [9.17, 15) is 19.2 Å². The normalized spacial score (nSPS) is 10.5. The number of nitrogens with one attached hydrogen (secondary N) is 3. The number of amides is 1. The number of carboxylic acid groups (broad SMARTS) is 1. The van der Waals surface area contributed by atoms with E-state index in [1.807, 2.05) is 50.2 Å². The van der Waals surface area contributed by atoms with Gasteiger partial charge in [0.15, 0.2) is 0 Å². The van der Waals surface area contributed by atoms with Crippen molar-refractivity contribution in [3.8, 4) is 0 Å². The molecule has 49 heavy (non-hydrogen) atoms. The Morgan fingerprint density at radius 3 is 1.76 bits per heavy atom. The van der Waals surface area contributed by atoms with Crippen LogP contribution in [0.3, 0.4) is 0 Å². The maximum Gasteiger partial charge on any atom is 0.348 e. The highest BCUT2D eigenvalue weighted by Crippen LogP contribution is 2.25. The molecule has 0 atom stereocenters. The van der Waals surface area contributed by atoms with Gasteiger partial charge in [-0.2, -0.15) is 10.2 Å². The number of ether oxygens (including phenoxy) is 2. The third kappa shape index (κ3) is 8.76. The van der Waals surface area contributed by atoms with Gasteiger partial charge in [0.05, 0.1) is 42.5 Å². The van der Waals surface area contributed by atoms with Gasteiger partial charge in [-0.05, 0) is 59.4 Å². The Balaban J connectivity index is 0.000000183. The van der Waals surface area contributed by atoms with Gasteiger partial charge in [0, 0.05) is 23.9 Å². The number of aromatic nitrogens is 4. The molecule has 4 aromatic heterocycles. The predicted octanol–water partition coefficient (Wildman–Crippen LogP) is 5.72. The molecule has 0 spiro atoms. The molecule has 6 N–H and O–H groups in total. The van der Waals surface area contributed by atoms with Gasteiger partial charge >= 0.3 is 17.9 Å². The number of nitrogens with two attached hydrogens (primary N) is 1. The minimum absolute atomic E-state index is 0.169. The third-order valence-corrected chi connectivity index (χ3v) is 9.67. The van der Waals surface area contributed by atoms with Crippen molar-refractivity contribution in [3.63, 3.8) is 0 Å². The standard InChI is InChI=1S/C17H17N3O3S.C9H10O4S.C8H9N3/c1-3-10-7-14(24-15(10)17(22)23-2)16(21)18-8-11-5-4-6-13-12(11)9-19-20-13;1-3-5-4-6(8(10)11)14-7(5)9(12)13-2;9-4-6-2-1-3-8-7(6)5-10-11-8/h4-7,9H,3,8H2,1-2H3,(H,18,21)(H,19,20);4H,3H2,1-2H3,(H,10,11);1-3,5H,4,9H2,(H,10,11). The van der Waals surface area contributed by atoms with Gasteiger partial charge in [0.1, 0.15) is 14.6 Å². The SMILES string of the molecule is CCc1cc(C(=O)NCc2cccc3[nH]ncc23)sc1C(=O)OC.CCc1cc(C(=O)O)sc1C(=O)OC.NCc1cccc2[nH]ncc12. The first-order valence-corrected chi connectivity index (χ1v) is 16.7. The number of fused-ring (bicyclic) bond motifs is 2. The number of carbonyl (C=O) groups excluding carboxylic acids is 3. The number of carbonyl (C=O) groups is 4. The van der Waals surface area contributed by atoms with Crippen LogP contribution in [0.15, 0.2) is 60.9 Å². The molecule has 0 bridgehead atoms. The van der Waals surface area contributed by atoms with Crippen LogP contribution < -0.4 is 11.1 Å². The topological polar surface area (TPSA) is 202 Å². The van der Waals surface area contributed by atoms with Gasteiger partial charge in [0.25, 0.3) is 5.91 Å². The van der Waals surface area contributed by atoms with Crippen LogP contribution in [0.4, 0.5) is 0 Å². The van der Waals surface area contributed by atoms with Crippen molar-refractivity contribution in [2.45, 2.75) is 39.8 Å². The number of aromatic amines is 2. The van der Waals surface area contributed by atoms with Crippen LogP contribution in [0.25, 0.3) is 21.8 Å². The van der Waals surface area contributed by atoms with Crippen molar-refractivity contribution < 1.29 is 33.8 Å². The van der Waals surface area contributed by atoms with Crippen molar-refractivity contribution in [2.24, 2.45) is 5.73 Å². The highest BCUT2D eigenvalue weighted by atomic mass is 32.1. The average molecular weight is 705 g/mol. The number of hydrogen-bond acceptors (Lipinski definition) is 11. The summed E-state index contributed by atoms with van der Waals surface area (Å²) in [6.45, 7) is 4.76. The van der Waals surface area contributed by atoms with Crippen LogP contribution >= 0.6 is 22.7 Å². The molecule has 2 aromatic carbocycles. The summed E-state index contributed by atoms with van der Waals surface area (Å²) < 4.78 is 9.32. The minimum Gasteiger partial charge on any atom is -0.477 e. The Hall–Kier alpha value is -5.38. The van der Waals surface area contributed by atoms with Crippen molar-refractivity contribution in [3.05, 3.63) is 103 Å². The lowest BCUT2D eigenvalue weighted by Crippen LogP contribution is -2.21. The fourth-order valence-corrected chi connectivity index (χ4v) is 6.88. The molecule has 0 fully saturated rings. The number of nitrogens with zero attached hydrogens (tertiary/aromatic N) is 2. The van der Waals surface area contributed by atoms with E-state index >= 15 is 0 Å². The number of rotatable bonds is 9. The minimum atomic E-state index is -1.01. The second kappa shape index (κ2) is 17.1. The Kier molecular flexibility index (Phi) is 12.8. The summed E-state index contributed by atoms with van der Waals surface area (Å²) in [5, 5.41) is 27.5. The number of thiophene rings is 2. The largest absolute Gasteiger partial charge is 0.477 e. The number of aryl methyl sites for hydroxylation is 2. The van der Waals surface area contributed by atoms with Crippen molar-refractivity contribution >= 4 is 68.3 Å². The van der Waals surface area contributed by atoms with E-state index in [1.54, 1.807) is 18.5 Å². The molecule has 0 unspecified atom stereocenters. The van der Waals surface area contributed by atoms with Gasteiger partial charge in [-0.1, -0.05) is 38.1 Å². The molecule has 256 valence electrons. The van der Waals surface area contributed by atoms with Crippen molar-refractivity contribution in [2.75, 3.05) is 14.2 Å². The molecule has 0 radical (unpaired) electrons. The van der Waals surface area contributed by atoms with Crippen molar-refractivity contribution in [1.82, 2.24) is 25.7 Å². The Labute approximate surface area is 289 Å². The van der Waals surface area contributed by atoms with Gasteiger partial charge in [-0.15, -0.1) is 22.7 Å². The molecule has 13 nitrogen and oxygen atoms in total. The number of methoxy groups -OCH3 is 2. The molecule has 1 amide bonds. The van der Waals surface area contributed by atoms with E-state index in [-0.39, 0.29) is 10.8 Å². The van der Waals surface area contributed by atoms with Gasteiger partial charge in [0.2, 0.25) is 0 Å². The lowest BCUT2D eigenvalue weighted by molar-refractivity contribution is 0.0596. The molecule has 6 aromatic rings. The molecule has 0 saturated heterocycles. The Bertz CT molecular complexity index is 2080. The Morgan fingerprint density at radius 2 is 1.27 bits per heavy atom. The highest BCUT2D eigenvalue weighted by Gasteiger charge is 2.20. The lowest BCUT2D eigenvalue weighted by atomic mass is 10.1. The number of hydrogen-bond donors (Lipinski definition) is 5. The van der Waals surface area contributed by atoms with Crippen LogP contribution in [0, 0.1) is 0 Å². The van der Waals surface area contributed by atoms with Crippen molar-refractivity contribution in [1.29, 1.82) is 0 Å². The summed E-state index contributed by atoms with van der Waals surface area (Å²) in [5.74, 6) is -2.09. The third-order valence-electron chi connectivity index (χ3n) is 7.37. The van der Waals surface area contributed by atoms with Crippen LogP contribution in [0.1, 0.15) is 74.8 Å². The second-order valence-electron chi connectivity index (χ2n) is 10.3. The summed E-state index contributed by atoms with van der Waals surface area (Å²) in [4.78, 5) is 47.6. The highest BCUT2D eigenvalue weighted by molar-refractivity contribution is 7.16. The quantitative estimate of drug-likeness (QED) is 0.116. The number of carboxylic acids is 1. The zero-order valence-corrected chi connectivity index (χ0v) is 28.9. The first-order valence-electron chi connectivity index (χ1n) is 15.1. The molecule has 0 aliphatic heterocycles. The number of benzene rings is 2. The maximum atomic E-state index is 12.4.